The van der Waals surface area contributed by atoms with E-state index in [1.54, 1.807) is 10.9 Å². The lowest BCUT2D eigenvalue weighted by Crippen LogP contribution is -2.53. The third-order valence-electron chi connectivity index (χ3n) is 7.22. The van der Waals surface area contributed by atoms with E-state index >= 15 is 0 Å². The maximum Gasteiger partial charge on any atom is 0.275 e. The highest BCUT2D eigenvalue weighted by atomic mass is 16.3. The van der Waals surface area contributed by atoms with Gasteiger partial charge in [-0.3, -0.25) is 19.3 Å². The molecule has 0 atom stereocenters. The van der Waals surface area contributed by atoms with Gasteiger partial charge < -0.3 is 20.4 Å². The fourth-order valence-corrected chi connectivity index (χ4v) is 5.43. The number of carbonyl (C=O) groups excluding carboxylic acids is 1. The normalized spacial score (nSPS) is 17.2. The summed E-state index contributed by atoms with van der Waals surface area (Å²) < 4.78 is 1.61. The molecule has 8 nitrogen and oxygen atoms in total. The smallest absolute Gasteiger partial charge is 0.275 e. The van der Waals surface area contributed by atoms with Gasteiger partial charge in [-0.2, -0.15) is 0 Å². The summed E-state index contributed by atoms with van der Waals surface area (Å²) in [6.07, 6.45) is 6.07. The summed E-state index contributed by atoms with van der Waals surface area (Å²) in [4.78, 5) is 26.6. The van der Waals surface area contributed by atoms with Gasteiger partial charge in [-0.05, 0) is 61.0 Å². The van der Waals surface area contributed by atoms with E-state index in [4.69, 9.17) is 5.11 Å². The van der Waals surface area contributed by atoms with Crippen LogP contribution in [0.1, 0.15) is 51.6 Å². The molecule has 2 aromatic carbocycles. The number of fused-ring (bicyclic) bond motifs is 3. The molecule has 2 aliphatic heterocycles. The van der Waals surface area contributed by atoms with Gasteiger partial charge in [-0.1, -0.05) is 48.5 Å². The van der Waals surface area contributed by atoms with Crippen molar-refractivity contribution in [2.75, 3.05) is 37.9 Å². The van der Waals surface area contributed by atoms with Crippen molar-refractivity contribution < 1.29 is 15.0 Å². The van der Waals surface area contributed by atoms with Gasteiger partial charge in [0.1, 0.15) is 6.67 Å². The number of benzene rings is 2. The summed E-state index contributed by atoms with van der Waals surface area (Å²) in [5.41, 5.74) is 4.24. The van der Waals surface area contributed by atoms with Crippen molar-refractivity contribution in [1.82, 2.24) is 14.9 Å². The van der Waals surface area contributed by atoms with Gasteiger partial charge in [0, 0.05) is 18.8 Å². The van der Waals surface area contributed by atoms with Crippen molar-refractivity contribution >= 4 is 5.91 Å². The maximum absolute atomic E-state index is 12.4. The highest BCUT2D eigenvalue weighted by Crippen LogP contribution is 2.37. The second-order valence-corrected chi connectivity index (χ2v) is 9.40. The minimum atomic E-state index is -0.565. The molecule has 0 saturated carbocycles. The Morgan fingerprint density at radius 1 is 0.889 bits per heavy atom. The zero-order valence-electron chi connectivity index (χ0n) is 20.3. The molecular weight excluding hydrogens is 456 g/mol. The largest absolute Gasteiger partial charge is 0.502 e. The average molecular weight is 489 g/mol. The Hall–Kier alpha value is -3.62. The standard InChI is InChI=1S/C22H19N3O3.C6H13NO/c26-18-11-12-24-20(21(18)27)22(28)23-13-25(24)19-16-7-3-1-5-14(16)9-10-15-6-2-4-8-17(15)19;8-6-5-7-3-1-2-4-7/h1-8,11-12,19,27H,9-10,13H2,(H,23,28);8H,1-6H2. The lowest BCUT2D eigenvalue weighted by atomic mass is 9.94. The third-order valence-corrected chi connectivity index (χ3v) is 7.22. The number of nitrogens with one attached hydrogen (secondary N) is 1. The number of carbonyl (C=O) groups is 1. The van der Waals surface area contributed by atoms with Crippen molar-refractivity contribution in [1.29, 1.82) is 0 Å². The minimum absolute atomic E-state index is 0.0297. The van der Waals surface area contributed by atoms with Crippen molar-refractivity contribution in [3.05, 3.63) is 99.0 Å². The third kappa shape index (κ3) is 4.62. The number of rotatable bonds is 3. The summed E-state index contributed by atoms with van der Waals surface area (Å²) in [6.45, 7) is 3.85. The molecule has 1 amide bonds. The van der Waals surface area contributed by atoms with Gasteiger partial charge in [0.25, 0.3) is 5.91 Å². The molecule has 0 unspecified atom stereocenters. The van der Waals surface area contributed by atoms with Gasteiger partial charge in [0.15, 0.2) is 11.4 Å². The number of aliphatic hydroxyl groups excluding tert-OH is 1. The molecule has 8 heteroatoms. The zero-order chi connectivity index (χ0) is 25.1. The van der Waals surface area contributed by atoms with E-state index in [0.29, 0.717) is 6.61 Å². The molecule has 3 aromatic rings. The summed E-state index contributed by atoms with van der Waals surface area (Å²) in [7, 11) is 0. The first-order valence-electron chi connectivity index (χ1n) is 12.6. The van der Waals surface area contributed by atoms with E-state index < -0.39 is 17.1 Å². The topological polar surface area (TPSA) is 98.0 Å². The first-order chi connectivity index (χ1) is 17.6. The Morgan fingerprint density at radius 3 is 2.11 bits per heavy atom. The number of aliphatic hydroxyl groups is 1. The van der Waals surface area contributed by atoms with Crippen LogP contribution in [0.5, 0.6) is 5.75 Å². The summed E-state index contributed by atoms with van der Waals surface area (Å²) in [5.74, 6) is -0.985. The number of pyridine rings is 1. The zero-order valence-corrected chi connectivity index (χ0v) is 20.3. The van der Waals surface area contributed by atoms with E-state index in [2.05, 4.69) is 34.5 Å². The monoisotopic (exact) mass is 488 g/mol. The average Bonchev–Trinajstić information content (AvgIpc) is 3.35. The number of hydrogen-bond acceptors (Lipinski definition) is 6. The summed E-state index contributed by atoms with van der Waals surface area (Å²) in [5, 5.41) is 23.5. The van der Waals surface area contributed by atoms with Crippen LogP contribution >= 0.6 is 0 Å². The van der Waals surface area contributed by atoms with Crippen LogP contribution in [0.2, 0.25) is 0 Å². The van der Waals surface area contributed by atoms with Crippen LogP contribution in [0.25, 0.3) is 0 Å². The van der Waals surface area contributed by atoms with Crippen LogP contribution < -0.4 is 15.8 Å². The van der Waals surface area contributed by atoms with Gasteiger partial charge in [0.05, 0.1) is 12.6 Å². The molecule has 0 spiro atoms. The fraction of sp³-hybridized carbons (Fsp3) is 0.357. The molecule has 3 aliphatic rings. The van der Waals surface area contributed by atoms with Crippen LogP contribution in [-0.2, 0) is 12.8 Å². The number of aromatic hydroxyl groups is 1. The molecule has 188 valence electrons. The molecule has 3 heterocycles. The Morgan fingerprint density at radius 2 is 1.50 bits per heavy atom. The Balaban J connectivity index is 0.000000286. The van der Waals surface area contributed by atoms with Gasteiger partial charge >= 0.3 is 0 Å². The number of amides is 1. The second-order valence-electron chi connectivity index (χ2n) is 9.40. The van der Waals surface area contributed by atoms with E-state index in [-0.39, 0.29) is 18.4 Å². The number of hydrogen-bond donors (Lipinski definition) is 3. The molecule has 0 radical (unpaired) electrons. The molecule has 1 fully saturated rings. The molecule has 0 bridgehead atoms. The molecule has 1 aliphatic carbocycles. The van der Waals surface area contributed by atoms with Gasteiger partial charge in [-0.25, -0.2) is 0 Å². The van der Waals surface area contributed by atoms with Gasteiger partial charge in [0.2, 0.25) is 5.43 Å². The number of β-amino-alcohol motifs (C(OH)–C–C–N with tert-alkyl or cyclic N) is 1. The predicted molar refractivity (Wildman–Crippen MR) is 138 cm³/mol. The minimum Gasteiger partial charge on any atom is -0.502 e. The van der Waals surface area contributed by atoms with Crippen LogP contribution in [0, 0.1) is 0 Å². The highest BCUT2D eigenvalue weighted by molar-refractivity contribution is 5.96. The molecular formula is C28H32N4O4. The van der Waals surface area contributed by atoms with E-state index in [1.165, 1.54) is 43.1 Å². The summed E-state index contributed by atoms with van der Waals surface area (Å²) in [6, 6.07) is 17.8. The first kappa shape index (κ1) is 24.1. The molecule has 1 saturated heterocycles. The Bertz CT molecular complexity index is 1250. The van der Waals surface area contributed by atoms with Gasteiger partial charge in [-0.15, -0.1) is 0 Å². The van der Waals surface area contributed by atoms with E-state index in [0.717, 1.165) is 30.5 Å². The molecule has 6 rings (SSSR count). The van der Waals surface area contributed by atoms with Crippen molar-refractivity contribution in [2.24, 2.45) is 0 Å². The Labute approximate surface area is 210 Å². The van der Waals surface area contributed by atoms with Crippen molar-refractivity contribution in [3.8, 4) is 5.75 Å². The van der Waals surface area contributed by atoms with E-state index in [9.17, 15) is 14.7 Å². The van der Waals surface area contributed by atoms with Crippen molar-refractivity contribution in [2.45, 2.75) is 31.7 Å². The van der Waals surface area contributed by atoms with E-state index in [1.807, 2.05) is 29.3 Å². The predicted octanol–water partition coefficient (Wildman–Crippen LogP) is 2.16. The maximum atomic E-state index is 12.4. The second kappa shape index (κ2) is 10.6. The molecule has 36 heavy (non-hydrogen) atoms. The number of aryl methyl sites for hydroxylation is 2. The number of nitrogens with zero attached hydrogens (tertiary/aromatic N) is 3. The van der Waals surface area contributed by atoms with Crippen LogP contribution in [0.3, 0.4) is 0 Å². The lowest BCUT2D eigenvalue weighted by molar-refractivity contribution is 0.0915. The lowest BCUT2D eigenvalue weighted by Gasteiger charge is -2.40. The molecule has 3 N–H and O–H groups in total. The highest BCUT2D eigenvalue weighted by Gasteiger charge is 2.34. The quantitative estimate of drug-likeness (QED) is 0.523. The van der Waals surface area contributed by atoms with Crippen LogP contribution in [0.15, 0.2) is 65.6 Å². The SMILES string of the molecule is O=C1NCN(C2c3ccccc3CCc3ccccc32)n2ccc(=O)c(O)c21.OCCN1CCCC1. The summed E-state index contributed by atoms with van der Waals surface area (Å²) >= 11 is 0. The number of aromatic nitrogens is 1. The van der Waals surface area contributed by atoms with Crippen LogP contribution in [-0.4, -0.2) is 58.6 Å². The Kier molecular flexibility index (Phi) is 7.06. The van der Waals surface area contributed by atoms with Crippen molar-refractivity contribution in [3.63, 3.8) is 0 Å². The fourth-order valence-electron chi connectivity index (χ4n) is 5.43. The first-order valence-corrected chi connectivity index (χ1v) is 12.6. The van der Waals surface area contributed by atoms with Crippen LogP contribution in [0.4, 0.5) is 0 Å². The number of likely N-dealkylation sites (tertiary alicyclic amines) is 1. The molecule has 1 aromatic heterocycles.